The average Bonchev–Trinajstić information content (AvgIpc) is 2.28. The van der Waals surface area contributed by atoms with Crippen molar-refractivity contribution in [2.45, 2.75) is 12.5 Å². The van der Waals surface area contributed by atoms with Crippen molar-refractivity contribution < 1.29 is 19.4 Å². The first-order valence-electron chi connectivity index (χ1n) is 4.95. The number of rotatable bonds is 5. The number of aliphatic carboxylic acids is 1. The Labute approximate surface area is 98.4 Å². The normalized spacial score (nSPS) is 11.6. The highest BCUT2D eigenvalue weighted by molar-refractivity contribution is 5.96. The summed E-state index contributed by atoms with van der Waals surface area (Å²) in [5, 5.41) is 11.0. The van der Waals surface area contributed by atoms with Crippen molar-refractivity contribution in [3.05, 3.63) is 24.3 Å². The van der Waals surface area contributed by atoms with Crippen LogP contribution in [0.3, 0.4) is 0 Å². The molecule has 92 valence electrons. The Hall–Kier alpha value is -2.08. The third kappa shape index (κ3) is 4.12. The SMILES string of the molecule is COc1cccc(NC(=O)[C@@H](N)CC(=O)O)c1. The highest BCUT2D eigenvalue weighted by atomic mass is 16.5. The number of benzene rings is 1. The Morgan fingerprint density at radius 3 is 2.82 bits per heavy atom. The lowest BCUT2D eigenvalue weighted by Gasteiger charge is -2.10. The predicted molar refractivity (Wildman–Crippen MR) is 61.9 cm³/mol. The van der Waals surface area contributed by atoms with Crippen molar-refractivity contribution >= 4 is 17.6 Å². The summed E-state index contributed by atoms with van der Waals surface area (Å²) < 4.78 is 4.98. The maximum absolute atomic E-state index is 11.5. The molecule has 6 heteroatoms. The van der Waals surface area contributed by atoms with E-state index in [1.165, 1.54) is 7.11 Å². The van der Waals surface area contributed by atoms with Gasteiger partial charge in [0.25, 0.3) is 0 Å². The van der Waals surface area contributed by atoms with Gasteiger partial charge in [-0.05, 0) is 12.1 Å². The Kier molecular flexibility index (Phi) is 4.47. The van der Waals surface area contributed by atoms with Gasteiger partial charge in [0.1, 0.15) is 5.75 Å². The largest absolute Gasteiger partial charge is 0.497 e. The molecule has 1 rings (SSSR count). The number of hydrogen-bond acceptors (Lipinski definition) is 4. The number of amides is 1. The summed E-state index contributed by atoms with van der Waals surface area (Å²) in [6.45, 7) is 0. The molecule has 0 unspecified atom stereocenters. The second kappa shape index (κ2) is 5.86. The van der Waals surface area contributed by atoms with E-state index in [2.05, 4.69) is 5.32 Å². The summed E-state index contributed by atoms with van der Waals surface area (Å²) in [5.74, 6) is -1.06. The molecule has 0 fully saturated rings. The molecular formula is C11H14N2O4. The molecule has 4 N–H and O–H groups in total. The molecule has 0 aliphatic rings. The smallest absolute Gasteiger partial charge is 0.305 e. The zero-order valence-electron chi connectivity index (χ0n) is 9.34. The molecule has 17 heavy (non-hydrogen) atoms. The van der Waals surface area contributed by atoms with Crippen molar-refractivity contribution in [1.29, 1.82) is 0 Å². The monoisotopic (exact) mass is 238 g/mol. The fraction of sp³-hybridized carbons (Fsp3) is 0.273. The molecule has 1 aromatic rings. The van der Waals surface area contributed by atoms with Gasteiger partial charge in [-0.3, -0.25) is 9.59 Å². The minimum atomic E-state index is -1.11. The molecule has 1 atom stereocenters. The molecule has 1 aromatic carbocycles. The summed E-state index contributed by atoms with van der Waals surface area (Å²) in [6, 6.07) is 5.64. The molecule has 0 aromatic heterocycles. The number of nitrogens with two attached hydrogens (primary N) is 1. The topological polar surface area (TPSA) is 102 Å². The van der Waals surface area contributed by atoms with E-state index in [9.17, 15) is 9.59 Å². The lowest BCUT2D eigenvalue weighted by atomic mass is 10.2. The van der Waals surface area contributed by atoms with Crippen molar-refractivity contribution in [3.8, 4) is 5.75 Å². The third-order valence-corrected chi connectivity index (χ3v) is 2.07. The Morgan fingerprint density at radius 1 is 1.53 bits per heavy atom. The Morgan fingerprint density at radius 2 is 2.24 bits per heavy atom. The number of carbonyl (C=O) groups excluding carboxylic acids is 1. The van der Waals surface area contributed by atoms with Gasteiger partial charge in [0.05, 0.1) is 19.6 Å². The zero-order valence-corrected chi connectivity index (χ0v) is 9.34. The predicted octanol–water partition coefficient (Wildman–Crippen LogP) is 0.436. The second-order valence-corrected chi connectivity index (χ2v) is 3.43. The van der Waals surface area contributed by atoms with Crippen molar-refractivity contribution in [2.24, 2.45) is 5.73 Å². The lowest BCUT2D eigenvalue weighted by molar-refractivity contribution is -0.138. The van der Waals surface area contributed by atoms with Crippen LogP contribution in [-0.4, -0.2) is 30.1 Å². The summed E-state index contributed by atoms with van der Waals surface area (Å²) >= 11 is 0. The molecule has 0 bridgehead atoms. The Balaban J connectivity index is 2.64. The molecule has 0 aliphatic heterocycles. The summed E-state index contributed by atoms with van der Waals surface area (Å²) in [4.78, 5) is 21.9. The number of carbonyl (C=O) groups is 2. The highest BCUT2D eigenvalue weighted by Crippen LogP contribution is 2.16. The summed E-state index contributed by atoms with van der Waals surface area (Å²) in [6.07, 6.45) is -0.407. The van der Waals surface area contributed by atoms with Crippen LogP contribution in [-0.2, 0) is 9.59 Å². The quantitative estimate of drug-likeness (QED) is 0.690. The zero-order chi connectivity index (χ0) is 12.8. The van der Waals surface area contributed by atoms with Crippen LogP contribution in [0.5, 0.6) is 5.75 Å². The van der Waals surface area contributed by atoms with Gasteiger partial charge in [-0.15, -0.1) is 0 Å². The van der Waals surface area contributed by atoms with Crippen molar-refractivity contribution in [1.82, 2.24) is 0 Å². The molecule has 6 nitrogen and oxygen atoms in total. The van der Waals surface area contributed by atoms with Gasteiger partial charge >= 0.3 is 5.97 Å². The molecule has 0 heterocycles. The number of carboxylic acid groups (broad SMARTS) is 1. The molecule has 0 saturated carbocycles. The van der Waals surface area contributed by atoms with Crippen LogP contribution >= 0.6 is 0 Å². The number of ether oxygens (including phenoxy) is 1. The van der Waals surface area contributed by atoms with E-state index in [0.717, 1.165) is 0 Å². The fourth-order valence-corrected chi connectivity index (χ4v) is 1.22. The number of anilines is 1. The van der Waals surface area contributed by atoms with E-state index in [4.69, 9.17) is 15.6 Å². The molecule has 0 aliphatic carbocycles. The van der Waals surface area contributed by atoms with E-state index in [1.54, 1.807) is 24.3 Å². The molecule has 0 radical (unpaired) electrons. The first-order valence-corrected chi connectivity index (χ1v) is 4.95. The van der Waals surface area contributed by atoms with Crippen LogP contribution in [0, 0.1) is 0 Å². The van der Waals surface area contributed by atoms with Crippen LogP contribution < -0.4 is 15.8 Å². The fourth-order valence-electron chi connectivity index (χ4n) is 1.22. The minimum absolute atomic E-state index is 0.407. The van der Waals surface area contributed by atoms with Gasteiger partial charge in [-0.25, -0.2) is 0 Å². The van der Waals surface area contributed by atoms with E-state index < -0.39 is 24.3 Å². The molecular weight excluding hydrogens is 224 g/mol. The van der Waals surface area contributed by atoms with Crippen molar-refractivity contribution in [3.63, 3.8) is 0 Å². The van der Waals surface area contributed by atoms with Crippen LogP contribution in [0.1, 0.15) is 6.42 Å². The van der Waals surface area contributed by atoms with Gasteiger partial charge in [0, 0.05) is 11.8 Å². The van der Waals surface area contributed by atoms with Crippen LogP contribution in [0.4, 0.5) is 5.69 Å². The number of methoxy groups -OCH3 is 1. The van der Waals surface area contributed by atoms with Gasteiger partial charge in [-0.2, -0.15) is 0 Å². The third-order valence-electron chi connectivity index (χ3n) is 2.07. The van der Waals surface area contributed by atoms with E-state index in [0.29, 0.717) is 11.4 Å². The number of hydrogen-bond donors (Lipinski definition) is 3. The first kappa shape index (κ1) is 13.0. The molecule has 0 spiro atoms. The van der Waals surface area contributed by atoms with Crippen LogP contribution in [0.15, 0.2) is 24.3 Å². The summed E-state index contributed by atoms with van der Waals surface area (Å²) in [7, 11) is 1.51. The van der Waals surface area contributed by atoms with Gasteiger partial charge in [0.15, 0.2) is 0 Å². The van der Waals surface area contributed by atoms with Gasteiger partial charge in [0.2, 0.25) is 5.91 Å². The minimum Gasteiger partial charge on any atom is -0.497 e. The number of carboxylic acids is 1. The Bertz CT molecular complexity index is 420. The molecule has 1 amide bonds. The van der Waals surface area contributed by atoms with E-state index in [1.807, 2.05) is 0 Å². The van der Waals surface area contributed by atoms with Crippen molar-refractivity contribution in [2.75, 3.05) is 12.4 Å². The standard InChI is InChI=1S/C11H14N2O4/c1-17-8-4-2-3-7(5-8)13-11(16)9(12)6-10(14)15/h2-5,9H,6,12H2,1H3,(H,13,16)(H,14,15)/t9-/m0/s1. The maximum atomic E-state index is 11.5. The maximum Gasteiger partial charge on any atom is 0.305 e. The lowest BCUT2D eigenvalue weighted by Crippen LogP contribution is -2.37. The highest BCUT2D eigenvalue weighted by Gasteiger charge is 2.16. The average molecular weight is 238 g/mol. The van der Waals surface area contributed by atoms with Gasteiger partial charge in [-0.1, -0.05) is 6.07 Å². The van der Waals surface area contributed by atoms with E-state index in [-0.39, 0.29) is 0 Å². The first-order chi connectivity index (χ1) is 8.02. The van der Waals surface area contributed by atoms with Gasteiger partial charge < -0.3 is 20.9 Å². The molecule has 0 saturated heterocycles. The second-order valence-electron chi connectivity index (χ2n) is 3.43. The van der Waals surface area contributed by atoms with Crippen LogP contribution in [0.2, 0.25) is 0 Å². The summed E-state index contributed by atoms with van der Waals surface area (Å²) in [5.41, 5.74) is 5.92. The van der Waals surface area contributed by atoms with E-state index >= 15 is 0 Å². The van der Waals surface area contributed by atoms with Crippen LogP contribution in [0.25, 0.3) is 0 Å². The number of nitrogens with one attached hydrogen (secondary N) is 1.